The summed E-state index contributed by atoms with van der Waals surface area (Å²) in [6, 6.07) is 0. The molecule has 0 spiro atoms. The van der Waals surface area contributed by atoms with Gasteiger partial charge in [0.25, 0.3) is 0 Å². The summed E-state index contributed by atoms with van der Waals surface area (Å²) in [5, 5.41) is 0. The van der Waals surface area contributed by atoms with E-state index in [1.165, 1.54) is 21.3 Å². The second-order valence-corrected chi connectivity index (χ2v) is 9.50. The van der Waals surface area contributed by atoms with Crippen LogP contribution in [0.25, 0.3) is 0 Å². The summed E-state index contributed by atoms with van der Waals surface area (Å²) in [5.41, 5.74) is 0. The van der Waals surface area contributed by atoms with E-state index in [2.05, 4.69) is 23.0 Å². The van der Waals surface area contributed by atoms with Crippen LogP contribution >= 0.6 is 37.2 Å². The first-order valence-corrected chi connectivity index (χ1v) is 7.08. The molecule has 1 nitrogen and oxygen atoms in total. The molecule has 0 aliphatic rings. The van der Waals surface area contributed by atoms with Crippen LogP contribution in [0.4, 0.5) is 0 Å². The van der Waals surface area contributed by atoms with Gasteiger partial charge in [-0.3, -0.25) is 0 Å². The average Bonchev–Trinajstić information content (AvgIpc) is 1.35. The van der Waals surface area contributed by atoms with Crippen molar-refractivity contribution in [2.75, 3.05) is 0 Å². The molecule has 0 saturated carbocycles. The Hall–Kier alpha value is 1.79. The summed E-state index contributed by atoms with van der Waals surface area (Å²) in [4.78, 5) is 0. The third kappa shape index (κ3) is 25.9. The van der Waals surface area contributed by atoms with E-state index in [0.717, 1.165) is 0 Å². The number of halogens is 3. The van der Waals surface area contributed by atoms with Crippen LogP contribution in [0, 0.1) is 0 Å². The first-order valence-electron chi connectivity index (χ1n) is 1.97. The topological polar surface area (TPSA) is 12.0 Å². The molecule has 0 aromatic heterocycles. The first kappa shape index (κ1) is 22.4. The maximum atomic E-state index is 3.35. The molecular formula is C3H13Cl3NSiTa. The van der Waals surface area contributed by atoms with Gasteiger partial charge < -0.3 is 0 Å². The van der Waals surface area contributed by atoms with Gasteiger partial charge in [0.15, 0.2) is 0 Å². The van der Waals surface area contributed by atoms with Crippen LogP contribution in [0.1, 0.15) is 0 Å². The Morgan fingerprint density at radius 2 is 1.11 bits per heavy atom. The van der Waals surface area contributed by atoms with Crippen LogP contribution in [0.3, 0.4) is 0 Å². The minimum absolute atomic E-state index is 0. The van der Waals surface area contributed by atoms with Gasteiger partial charge in [-0.2, -0.15) is 0 Å². The molecule has 0 unspecified atom stereocenters. The predicted molar refractivity (Wildman–Crippen MR) is 48.2 cm³/mol. The Bertz CT molecular complexity index is 48.8. The van der Waals surface area contributed by atoms with Crippen molar-refractivity contribution in [3.8, 4) is 0 Å². The zero-order valence-corrected chi connectivity index (χ0v) is 12.3. The molecular weight excluding hydrogens is 365 g/mol. The van der Waals surface area contributed by atoms with Gasteiger partial charge in [0.05, 0.1) is 0 Å². The van der Waals surface area contributed by atoms with Crippen molar-refractivity contribution in [3.05, 3.63) is 0 Å². The maximum Gasteiger partial charge on any atom is -0.147 e. The molecule has 0 radical (unpaired) electrons. The molecule has 6 heteroatoms. The van der Waals surface area contributed by atoms with Crippen molar-refractivity contribution in [2.45, 2.75) is 19.6 Å². The molecule has 0 bridgehead atoms. The van der Waals surface area contributed by atoms with Crippen LogP contribution in [0.2, 0.25) is 19.6 Å². The molecule has 0 aliphatic heterocycles. The molecule has 1 N–H and O–H groups in total. The third-order valence-electron chi connectivity index (χ3n) is 0.335. The van der Waals surface area contributed by atoms with E-state index in [0.29, 0.717) is 0 Å². The second-order valence-electron chi connectivity index (χ2n) is 2.36. The van der Waals surface area contributed by atoms with Gasteiger partial charge >= 0.3 is 52.6 Å². The van der Waals surface area contributed by atoms with E-state index >= 15 is 0 Å². The molecule has 0 aromatic rings. The Kier molecular flexibility index (Phi) is 24.4. The quantitative estimate of drug-likeness (QED) is 0.690. The molecule has 0 aromatic carbocycles. The fraction of sp³-hybridized carbons (Fsp3) is 1.00. The number of nitrogens with one attached hydrogen (secondary N) is 1. The van der Waals surface area contributed by atoms with Gasteiger partial charge in [-0.1, -0.05) is 0 Å². The predicted octanol–water partition coefficient (Wildman–Crippen LogP) is 2.14. The monoisotopic (exact) mass is 377 g/mol. The summed E-state index contributed by atoms with van der Waals surface area (Å²) < 4.78 is 3.35. The van der Waals surface area contributed by atoms with Gasteiger partial charge in [-0.15, -0.1) is 37.2 Å². The molecule has 0 amide bonds. The first-order chi connectivity index (χ1) is 2.56. The Morgan fingerprint density at radius 3 is 1.11 bits per heavy atom. The summed E-state index contributed by atoms with van der Waals surface area (Å²) in [7, 11) is -0.832. The van der Waals surface area contributed by atoms with Crippen LogP contribution in [0.15, 0.2) is 0 Å². The van der Waals surface area contributed by atoms with Crippen LogP contribution in [-0.2, 0) is 21.3 Å². The Morgan fingerprint density at radius 1 is 1.00 bits per heavy atom. The van der Waals surface area contributed by atoms with E-state index in [4.69, 9.17) is 0 Å². The maximum absolute atomic E-state index is 3.35. The van der Waals surface area contributed by atoms with Gasteiger partial charge in [0.1, 0.15) is 0 Å². The summed E-state index contributed by atoms with van der Waals surface area (Å²) in [5.74, 6) is 0. The molecule has 0 atom stereocenters. The molecule has 0 saturated heterocycles. The van der Waals surface area contributed by atoms with Crippen LogP contribution < -0.4 is 3.39 Å². The number of hydrogen-bond donors (Lipinski definition) is 1. The fourth-order valence-corrected chi connectivity index (χ4v) is 0. The third-order valence-corrected chi connectivity index (χ3v) is 8.24. The van der Waals surface area contributed by atoms with E-state index in [9.17, 15) is 0 Å². The van der Waals surface area contributed by atoms with Crippen molar-refractivity contribution < 1.29 is 21.3 Å². The molecule has 0 rings (SSSR count). The average molecular weight is 379 g/mol. The molecule has 0 fully saturated rings. The largest absolute Gasteiger partial charge is 0.147 e. The fourth-order valence-electron chi connectivity index (χ4n) is 0. The summed E-state index contributed by atoms with van der Waals surface area (Å²) >= 11 is 1.33. The smallest absolute Gasteiger partial charge is 0.147 e. The summed E-state index contributed by atoms with van der Waals surface area (Å²) in [6.45, 7) is 6.90. The standard InChI is InChI=1S/C3H10NSi.3ClH.Ta/c1-5(2,3)4;;;;/h4H,1-3H3;3*1H;/q-1;;;;+1. The Labute approximate surface area is 89.3 Å². The van der Waals surface area contributed by atoms with Crippen molar-refractivity contribution >= 4 is 45.5 Å². The molecule has 0 aliphatic carbocycles. The van der Waals surface area contributed by atoms with Crippen LogP contribution in [-0.4, -0.2) is 8.24 Å². The zero-order chi connectivity index (χ0) is 5.21. The van der Waals surface area contributed by atoms with Crippen molar-refractivity contribution in [2.24, 2.45) is 0 Å². The van der Waals surface area contributed by atoms with Gasteiger partial charge in [-0.05, 0) is 0 Å². The number of rotatable bonds is 1. The SMILES string of the molecule is C[Si](C)(C)[NH][Ta].Cl.Cl.Cl. The normalized spacial score (nSPS) is 7.89. The van der Waals surface area contributed by atoms with Gasteiger partial charge in [0.2, 0.25) is 0 Å². The van der Waals surface area contributed by atoms with Gasteiger partial charge in [-0.25, -0.2) is 0 Å². The molecule has 0 heterocycles. The minimum atomic E-state index is -0.832. The molecule has 60 valence electrons. The Balaban J connectivity index is -0.0000000417. The molecule has 9 heavy (non-hydrogen) atoms. The van der Waals surface area contributed by atoms with Crippen molar-refractivity contribution in [1.29, 1.82) is 0 Å². The number of hydrogen-bond acceptors (Lipinski definition) is 1. The van der Waals surface area contributed by atoms with Gasteiger partial charge in [0, 0.05) is 0 Å². The van der Waals surface area contributed by atoms with E-state index in [1.54, 1.807) is 0 Å². The van der Waals surface area contributed by atoms with Crippen molar-refractivity contribution in [3.63, 3.8) is 0 Å². The zero-order valence-electron chi connectivity index (χ0n) is 5.67. The summed E-state index contributed by atoms with van der Waals surface area (Å²) in [6.07, 6.45) is 0. The second kappa shape index (κ2) is 9.79. The van der Waals surface area contributed by atoms with E-state index in [-0.39, 0.29) is 37.2 Å². The van der Waals surface area contributed by atoms with Crippen molar-refractivity contribution in [1.82, 2.24) is 3.39 Å². The van der Waals surface area contributed by atoms with E-state index in [1.807, 2.05) is 0 Å². The van der Waals surface area contributed by atoms with E-state index < -0.39 is 8.24 Å². The minimum Gasteiger partial charge on any atom is -0.147 e. The van der Waals surface area contributed by atoms with Crippen LogP contribution in [0.5, 0.6) is 0 Å².